The number of hydrogen-bond acceptors (Lipinski definition) is 3. The van der Waals surface area contributed by atoms with E-state index < -0.39 is 0 Å². The van der Waals surface area contributed by atoms with Crippen molar-refractivity contribution in [3.63, 3.8) is 0 Å². The minimum Gasteiger partial charge on any atom is -0.376 e. The molecule has 124 valence electrons. The van der Waals surface area contributed by atoms with Gasteiger partial charge in [-0.05, 0) is 24.8 Å². The van der Waals surface area contributed by atoms with E-state index in [2.05, 4.69) is 0 Å². The van der Waals surface area contributed by atoms with E-state index in [1.54, 1.807) is 6.92 Å². The summed E-state index contributed by atoms with van der Waals surface area (Å²) >= 11 is 0. The lowest BCUT2D eigenvalue weighted by atomic mass is 9.61. The van der Waals surface area contributed by atoms with Gasteiger partial charge in [-0.1, -0.05) is 60.7 Å². The Morgan fingerprint density at radius 2 is 1.62 bits per heavy atom. The van der Waals surface area contributed by atoms with Crippen LogP contribution in [0.5, 0.6) is 0 Å². The number of benzene rings is 2. The molecule has 1 saturated carbocycles. The number of carbonyl (C=O) groups is 2. The standard InChI is InChI=1S/C21H22O3/c1-15(22)19-12-18(14-24-13-16-8-4-2-5-9-16)20(19)21(23)17-10-6-3-7-11-17/h2-11,18-20H,12-14H2,1H3/t18-,19+,20-/m1/s1. The van der Waals surface area contributed by atoms with E-state index >= 15 is 0 Å². The zero-order chi connectivity index (χ0) is 16.9. The van der Waals surface area contributed by atoms with Crippen molar-refractivity contribution in [2.75, 3.05) is 6.61 Å². The Bertz CT molecular complexity index is 694. The molecule has 0 radical (unpaired) electrons. The van der Waals surface area contributed by atoms with Crippen molar-refractivity contribution in [3.05, 3.63) is 71.8 Å². The van der Waals surface area contributed by atoms with Crippen molar-refractivity contribution in [2.24, 2.45) is 17.8 Å². The Balaban J connectivity index is 1.62. The van der Waals surface area contributed by atoms with Crippen LogP contribution in [-0.4, -0.2) is 18.2 Å². The molecule has 1 aliphatic rings. The fourth-order valence-electron chi connectivity index (χ4n) is 3.44. The smallest absolute Gasteiger partial charge is 0.167 e. The average molecular weight is 322 g/mol. The maximum absolute atomic E-state index is 12.8. The molecule has 1 aliphatic carbocycles. The topological polar surface area (TPSA) is 43.4 Å². The summed E-state index contributed by atoms with van der Waals surface area (Å²) in [6, 6.07) is 19.2. The van der Waals surface area contributed by atoms with Gasteiger partial charge in [-0.2, -0.15) is 0 Å². The van der Waals surface area contributed by atoms with E-state index in [0.717, 1.165) is 12.0 Å². The number of rotatable bonds is 7. The third kappa shape index (κ3) is 3.62. The highest BCUT2D eigenvalue weighted by molar-refractivity contribution is 6.01. The van der Waals surface area contributed by atoms with Gasteiger partial charge in [0.25, 0.3) is 0 Å². The molecule has 3 nitrogen and oxygen atoms in total. The second kappa shape index (κ2) is 7.54. The predicted octanol–water partition coefficient (Wildman–Crippen LogP) is 3.93. The van der Waals surface area contributed by atoms with E-state index in [0.29, 0.717) is 18.8 Å². The third-order valence-electron chi connectivity index (χ3n) is 4.82. The monoisotopic (exact) mass is 322 g/mol. The molecule has 3 rings (SSSR count). The first-order chi connectivity index (χ1) is 11.7. The van der Waals surface area contributed by atoms with Crippen molar-refractivity contribution in [1.29, 1.82) is 0 Å². The molecule has 0 bridgehead atoms. The highest BCUT2D eigenvalue weighted by Crippen LogP contribution is 2.43. The lowest BCUT2D eigenvalue weighted by molar-refractivity contribution is -0.129. The fraction of sp³-hybridized carbons (Fsp3) is 0.333. The van der Waals surface area contributed by atoms with Crippen molar-refractivity contribution < 1.29 is 14.3 Å². The minimum atomic E-state index is -0.249. The maximum atomic E-state index is 12.8. The lowest BCUT2D eigenvalue weighted by Crippen LogP contribution is -2.47. The summed E-state index contributed by atoms with van der Waals surface area (Å²) in [5.74, 6) is -0.127. The average Bonchev–Trinajstić information content (AvgIpc) is 2.58. The van der Waals surface area contributed by atoms with Crippen LogP contribution in [0.4, 0.5) is 0 Å². The summed E-state index contributed by atoms with van der Waals surface area (Å²) in [4.78, 5) is 24.6. The Morgan fingerprint density at radius 1 is 1.00 bits per heavy atom. The Kier molecular flexibility index (Phi) is 5.21. The van der Waals surface area contributed by atoms with Gasteiger partial charge in [0, 0.05) is 17.4 Å². The van der Waals surface area contributed by atoms with Crippen molar-refractivity contribution in [1.82, 2.24) is 0 Å². The molecule has 0 heterocycles. The number of hydrogen-bond donors (Lipinski definition) is 0. The van der Waals surface area contributed by atoms with Crippen LogP contribution >= 0.6 is 0 Å². The summed E-state index contributed by atoms with van der Waals surface area (Å²) in [7, 11) is 0. The van der Waals surface area contributed by atoms with Gasteiger partial charge in [0.1, 0.15) is 5.78 Å². The normalized spacial score (nSPS) is 22.6. The largest absolute Gasteiger partial charge is 0.376 e. The Hall–Kier alpha value is -2.26. The molecular weight excluding hydrogens is 300 g/mol. The molecule has 3 heteroatoms. The Morgan fingerprint density at radius 3 is 2.25 bits per heavy atom. The first-order valence-corrected chi connectivity index (χ1v) is 8.38. The van der Waals surface area contributed by atoms with Gasteiger partial charge in [0.2, 0.25) is 0 Å². The van der Waals surface area contributed by atoms with Crippen LogP contribution in [0.15, 0.2) is 60.7 Å². The summed E-state index contributed by atoms with van der Waals surface area (Å²) in [6.07, 6.45) is 0.743. The fourth-order valence-corrected chi connectivity index (χ4v) is 3.44. The van der Waals surface area contributed by atoms with Gasteiger partial charge in [-0.3, -0.25) is 9.59 Å². The first-order valence-electron chi connectivity index (χ1n) is 8.38. The lowest BCUT2D eigenvalue weighted by Gasteiger charge is -2.42. The van der Waals surface area contributed by atoms with Gasteiger partial charge in [0.15, 0.2) is 5.78 Å². The van der Waals surface area contributed by atoms with Gasteiger partial charge >= 0.3 is 0 Å². The first kappa shape index (κ1) is 16.6. The second-order valence-electron chi connectivity index (χ2n) is 6.47. The highest BCUT2D eigenvalue weighted by atomic mass is 16.5. The number of ether oxygens (including phenoxy) is 1. The molecule has 0 aromatic heterocycles. The Labute approximate surface area is 142 Å². The van der Waals surface area contributed by atoms with Gasteiger partial charge in [-0.15, -0.1) is 0 Å². The number of Topliss-reactive ketones (excluding diaryl/α,β-unsaturated/α-hetero) is 2. The molecule has 0 spiro atoms. The summed E-state index contributed by atoms with van der Waals surface area (Å²) < 4.78 is 5.80. The summed E-state index contributed by atoms with van der Waals surface area (Å²) in [6.45, 7) is 2.63. The molecule has 0 unspecified atom stereocenters. The maximum Gasteiger partial charge on any atom is 0.167 e. The van der Waals surface area contributed by atoms with E-state index in [-0.39, 0.29) is 29.3 Å². The molecule has 0 aliphatic heterocycles. The molecule has 3 atom stereocenters. The minimum absolute atomic E-state index is 0.0651. The van der Waals surface area contributed by atoms with E-state index in [1.165, 1.54) is 0 Å². The van der Waals surface area contributed by atoms with E-state index in [4.69, 9.17) is 4.74 Å². The second-order valence-corrected chi connectivity index (χ2v) is 6.47. The van der Waals surface area contributed by atoms with Gasteiger partial charge in [-0.25, -0.2) is 0 Å². The zero-order valence-corrected chi connectivity index (χ0v) is 13.9. The quantitative estimate of drug-likeness (QED) is 0.726. The highest BCUT2D eigenvalue weighted by Gasteiger charge is 2.47. The molecule has 0 amide bonds. The van der Waals surface area contributed by atoms with E-state index in [9.17, 15) is 9.59 Å². The van der Waals surface area contributed by atoms with Crippen LogP contribution in [0.25, 0.3) is 0 Å². The predicted molar refractivity (Wildman–Crippen MR) is 92.6 cm³/mol. The summed E-state index contributed by atoms with van der Waals surface area (Å²) in [5, 5.41) is 0. The van der Waals surface area contributed by atoms with Crippen molar-refractivity contribution in [2.45, 2.75) is 20.0 Å². The summed E-state index contributed by atoms with van der Waals surface area (Å²) in [5.41, 5.74) is 1.80. The molecule has 0 saturated heterocycles. The van der Waals surface area contributed by atoms with Crippen LogP contribution in [0.2, 0.25) is 0 Å². The van der Waals surface area contributed by atoms with Crippen LogP contribution in [0, 0.1) is 17.8 Å². The van der Waals surface area contributed by atoms with Crippen LogP contribution < -0.4 is 0 Å². The van der Waals surface area contributed by atoms with Crippen LogP contribution in [0.1, 0.15) is 29.3 Å². The van der Waals surface area contributed by atoms with Crippen LogP contribution in [0.3, 0.4) is 0 Å². The van der Waals surface area contributed by atoms with Crippen LogP contribution in [-0.2, 0) is 16.1 Å². The molecule has 0 N–H and O–H groups in total. The van der Waals surface area contributed by atoms with Crippen molar-refractivity contribution >= 4 is 11.6 Å². The van der Waals surface area contributed by atoms with E-state index in [1.807, 2.05) is 60.7 Å². The SMILES string of the molecule is CC(=O)[C@@H]1C[C@H](COCc2ccccc2)[C@H]1C(=O)c1ccccc1. The van der Waals surface area contributed by atoms with Crippen molar-refractivity contribution in [3.8, 4) is 0 Å². The zero-order valence-electron chi connectivity index (χ0n) is 13.9. The molecule has 24 heavy (non-hydrogen) atoms. The number of carbonyl (C=O) groups excluding carboxylic acids is 2. The van der Waals surface area contributed by atoms with Gasteiger partial charge in [0.05, 0.1) is 13.2 Å². The molecule has 1 fully saturated rings. The third-order valence-corrected chi connectivity index (χ3v) is 4.82. The van der Waals surface area contributed by atoms with Gasteiger partial charge < -0.3 is 4.74 Å². The molecule has 2 aromatic rings. The molecular formula is C21H22O3. The number of ketones is 2. The molecule has 2 aromatic carbocycles.